The maximum Gasteiger partial charge on any atom is 0.115 e. The second kappa shape index (κ2) is 9.11. The molecule has 6 heteroatoms. The number of halogens is 2. The van der Waals surface area contributed by atoms with Crippen LogP contribution in [0.1, 0.15) is 18.9 Å². The van der Waals surface area contributed by atoms with Gasteiger partial charge in [0.05, 0.1) is 10.7 Å². The van der Waals surface area contributed by atoms with Crippen LogP contribution in [-0.2, 0) is 6.42 Å². The fourth-order valence-electron chi connectivity index (χ4n) is 2.50. The van der Waals surface area contributed by atoms with Crippen LogP contribution in [0.2, 0.25) is 10.0 Å². The molecule has 0 aliphatic rings. The molecule has 25 heavy (non-hydrogen) atoms. The van der Waals surface area contributed by atoms with Crippen LogP contribution >= 0.6 is 23.2 Å². The summed E-state index contributed by atoms with van der Waals surface area (Å²) >= 11 is 12.2. The highest BCUT2D eigenvalue weighted by Crippen LogP contribution is 2.27. The van der Waals surface area contributed by atoms with E-state index in [0.717, 1.165) is 16.9 Å². The molecule has 2 atom stereocenters. The van der Waals surface area contributed by atoms with Crippen LogP contribution in [0.15, 0.2) is 54.2 Å². The molecule has 2 aromatic rings. The average Bonchev–Trinajstić information content (AvgIpc) is 2.51. The van der Waals surface area contributed by atoms with Gasteiger partial charge in [0.2, 0.25) is 0 Å². The van der Waals surface area contributed by atoms with Crippen LogP contribution in [0.3, 0.4) is 0 Å². The summed E-state index contributed by atoms with van der Waals surface area (Å²) in [5.74, 6) is 0.233. The molecule has 0 fully saturated rings. The normalized spacial score (nSPS) is 14.2. The van der Waals surface area contributed by atoms with Gasteiger partial charge >= 0.3 is 0 Å². The number of anilines is 1. The van der Waals surface area contributed by atoms with E-state index < -0.39 is 0 Å². The van der Waals surface area contributed by atoms with Gasteiger partial charge in [-0.3, -0.25) is 0 Å². The van der Waals surface area contributed by atoms with Crippen molar-refractivity contribution >= 4 is 28.9 Å². The van der Waals surface area contributed by atoms with Crippen molar-refractivity contribution in [2.75, 3.05) is 5.32 Å². The molecule has 0 saturated carbocycles. The topological polar surface area (TPSA) is 84.3 Å². The molecule has 0 radical (unpaired) electrons. The van der Waals surface area contributed by atoms with Gasteiger partial charge in [-0.1, -0.05) is 35.3 Å². The Labute approximate surface area is 158 Å². The van der Waals surface area contributed by atoms with E-state index in [1.54, 1.807) is 24.3 Å². The van der Waals surface area contributed by atoms with Gasteiger partial charge in [0.15, 0.2) is 0 Å². The molecule has 0 bridgehead atoms. The van der Waals surface area contributed by atoms with Gasteiger partial charge in [-0.15, -0.1) is 0 Å². The lowest BCUT2D eigenvalue weighted by atomic mass is 10.0. The lowest BCUT2D eigenvalue weighted by Crippen LogP contribution is -2.28. The molecular weight excluding hydrogens is 357 g/mol. The SMILES string of the molecule is CC(N)CC(N)/C=C(/Cc1ccc(O)cc1)Nc1ccc(Cl)cc1Cl. The van der Waals surface area contributed by atoms with Crippen molar-refractivity contribution < 1.29 is 5.11 Å². The van der Waals surface area contributed by atoms with Crippen LogP contribution in [0, 0.1) is 0 Å². The molecule has 0 aromatic heterocycles. The molecule has 6 N–H and O–H groups in total. The molecule has 0 aliphatic carbocycles. The van der Waals surface area contributed by atoms with Crippen LogP contribution in [-0.4, -0.2) is 17.2 Å². The number of hydrogen-bond donors (Lipinski definition) is 4. The number of aromatic hydroxyl groups is 1. The third-order valence-corrected chi connectivity index (χ3v) is 4.16. The van der Waals surface area contributed by atoms with E-state index in [2.05, 4.69) is 5.32 Å². The van der Waals surface area contributed by atoms with Crippen molar-refractivity contribution in [1.29, 1.82) is 0 Å². The fourth-order valence-corrected chi connectivity index (χ4v) is 2.95. The summed E-state index contributed by atoms with van der Waals surface area (Å²) in [6.07, 6.45) is 3.25. The Balaban J connectivity index is 2.24. The number of hydrogen-bond acceptors (Lipinski definition) is 4. The Morgan fingerprint density at radius 2 is 1.84 bits per heavy atom. The molecule has 134 valence electrons. The van der Waals surface area contributed by atoms with Gasteiger partial charge in [-0.05, 0) is 55.3 Å². The van der Waals surface area contributed by atoms with Gasteiger partial charge in [0.25, 0.3) is 0 Å². The predicted octanol–water partition coefficient (Wildman–Crippen LogP) is 4.30. The summed E-state index contributed by atoms with van der Waals surface area (Å²) in [6.45, 7) is 1.93. The molecule has 0 amide bonds. The summed E-state index contributed by atoms with van der Waals surface area (Å²) in [5.41, 5.74) is 14.7. The van der Waals surface area contributed by atoms with Crippen LogP contribution < -0.4 is 16.8 Å². The van der Waals surface area contributed by atoms with E-state index in [0.29, 0.717) is 22.9 Å². The molecular formula is C19H23Cl2N3O. The zero-order valence-corrected chi connectivity index (χ0v) is 15.6. The smallest absolute Gasteiger partial charge is 0.115 e. The van der Waals surface area contributed by atoms with Crippen LogP contribution in [0.5, 0.6) is 5.75 Å². The lowest BCUT2D eigenvalue weighted by molar-refractivity contribution is 0.475. The monoisotopic (exact) mass is 379 g/mol. The van der Waals surface area contributed by atoms with Gasteiger partial charge in [0.1, 0.15) is 5.75 Å². The molecule has 0 spiro atoms. The van der Waals surface area contributed by atoms with Crippen molar-refractivity contribution in [2.24, 2.45) is 11.5 Å². The minimum absolute atomic E-state index is 0.0142. The summed E-state index contributed by atoms with van der Waals surface area (Å²) in [4.78, 5) is 0. The predicted molar refractivity (Wildman–Crippen MR) is 106 cm³/mol. The van der Waals surface area contributed by atoms with Crippen molar-refractivity contribution in [3.8, 4) is 5.75 Å². The minimum Gasteiger partial charge on any atom is -0.508 e. The van der Waals surface area contributed by atoms with Gasteiger partial charge in [-0.2, -0.15) is 0 Å². The Morgan fingerprint density at radius 1 is 1.16 bits per heavy atom. The average molecular weight is 380 g/mol. The summed E-state index contributed by atoms with van der Waals surface area (Å²) < 4.78 is 0. The molecule has 2 unspecified atom stereocenters. The number of rotatable bonds is 7. The van der Waals surface area contributed by atoms with Gasteiger partial charge in [-0.25, -0.2) is 0 Å². The van der Waals surface area contributed by atoms with E-state index in [1.165, 1.54) is 0 Å². The number of phenolic OH excluding ortho intramolecular Hbond substituents is 1. The van der Waals surface area contributed by atoms with Crippen molar-refractivity contribution in [2.45, 2.75) is 31.8 Å². The highest BCUT2D eigenvalue weighted by molar-refractivity contribution is 6.36. The van der Waals surface area contributed by atoms with Crippen molar-refractivity contribution in [3.05, 3.63) is 69.8 Å². The molecule has 0 aliphatic heterocycles. The first kappa shape index (κ1) is 19.6. The Hall–Kier alpha value is -1.72. The summed E-state index contributed by atoms with van der Waals surface area (Å²) in [6, 6.07) is 12.2. The second-order valence-corrected chi connectivity index (χ2v) is 7.00. The molecule has 2 aromatic carbocycles. The Morgan fingerprint density at radius 3 is 2.44 bits per heavy atom. The number of allylic oxidation sites excluding steroid dienone is 1. The van der Waals surface area contributed by atoms with Crippen molar-refractivity contribution in [1.82, 2.24) is 0 Å². The maximum atomic E-state index is 9.44. The zero-order valence-electron chi connectivity index (χ0n) is 14.0. The first-order valence-electron chi connectivity index (χ1n) is 8.05. The molecule has 0 saturated heterocycles. The number of nitrogens with two attached hydrogens (primary N) is 2. The quantitative estimate of drug-likeness (QED) is 0.577. The van der Waals surface area contributed by atoms with E-state index in [-0.39, 0.29) is 17.8 Å². The van der Waals surface area contributed by atoms with E-state index in [1.807, 2.05) is 31.2 Å². The maximum absolute atomic E-state index is 9.44. The molecule has 2 rings (SSSR count). The van der Waals surface area contributed by atoms with Crippen LogP contribution in [0.4, 0.5) is 5.69 Å². The second-order valence-electron chi connectivity index (χ2n) is 6.16. The summed E-state index contributed by atoms with van der Waals surface area (Å²) in [5, 5.41) is 13.9. The fraction of sp³-hybridized carbons (Fsp3) is 0.263. The molecule has 4 nitrogen and oxygen atoms in total. The van der Waals surface area contributed by atoms with Crippen molar-refractivity contribution in [3.63, 3.8) is 0 Å². The van der Waals surface area contributed by atoms with Gasteiger partial charge < -0.3 is 21.9 Å². The number of benzene rings is 2. The minimum atomic E-state index is -0.175. The van der Waals surface area contributed by atoms with Gasteiger partial charge in [0, 0.05) is 29.2 Å². The summed E-state index contributed by atoms with van der Waals surface area (Å²) in [7, 11) is 0. The molecule has 0 heterocycles. The highest BCUT2D eigenvalue weighted by atomic mass is 35.5. The van der Waals surface area contributed by atoms with E-state index >= 15 is 0 Å². The zero-order chi connectivity index (χ0) is 18.4. The highest BCUT2D eigenvalue weighted by Gasteiger charge is 2.09. The number of phenols is 1. The third-order valence-electron chi connectivity index (χ3n) is 3.62. The number of nitrogens with one attached hydrogen (secondary N) is 1. The Kier molecular flexibility index (Phi) is 7.14. The van der Waals surface area contributed by atoms with Crippen LogP contribution in [0.25, 0.3) is 0 Å². The standard InChI is InChI=1S/C19H23Cl2N3O/c1-12(22)8-15(23)11-16(9-13-2-5-17(25)6-3-13)24-19-7-4-14(20)10-18(19)21/h2-7,10-12,15,24-25H,8-9,22-23H2,1H3/b16-11-. The largest absolute Gasteiger partial charge is 0.508 e. The van der Waals surface area contributed by atoms with E-state index in [4.69, 9.17) is 34.7 Å². The first-order valence-corrected chi connectivity index (χ1v) is 8.81. The lowest BCUT2D eigenvalue weighted by Gasteiger charge is -2.17. The third kappa shape index (κ3) is 6.59. The first-order chi connectivity index (χ1) is 11.8. The Bertz CT molecular complexity index is 730. The van der Waals surface area contributed by atoms with E-state index in [9.17, 15) is 5.11 Å².